The van der Waals surface area contributed by atoms with Gasteiger partial charge in [-0.25, -0.2) is 0 Å². The normalized spacial score (nSPS) is 14.7. The SMILES string of the molecule is O=C(Nc1nnc(-c2cccc(C(F)(F)F)c2)o1)c1ccc(S(F)(F)(F)(F)F)cc1. The van der Waals surface area contributed by atoms with Gasteiger partial charge in [-0.3, -0.25) is 10.1 Å². The molecule has 14 heteroatoms. The number of amides is 1. The molecule has 0 fully saturated rings. The molecule has 0 aliphatic heterocycles. The lowest BCUT2D eigenvalue weighted by Gasteiger charge is -2.40. The van der Waals surface area contributed by atoms with Crippen molar-refractivity contribution in [3.05, 3.63) is 59.7 Å². The molecule has 0 radical (unpaired) electrons. The van der Waals surface area contributed by atoms with Gasteiger partial charge in [0.25, 0.3) is 5.91 Å². The minimum atomic E-state index is -9.88. The first-order valence-electron chi connectivity index (χ1n) is 7.69. The summed E-state index contributed by atoms with van der Waals surface area (Å²) in [6.45, 7) is 0. The van der Waals surface area contributed by atoms with Crippen LogP contribution in [0.1, 0.15) is 15.9 Å². The molecular formula is C16H9F8N3O2S. The van der Waals surface area contributed by atoms with E-state index in [1.807, 2.05) is 5.32 Å². The van der Waals surface area contributed by atoms with Crippen molar-refractivity contribution in [2.45, 2.75) is 11.1 Å². The van der Waals surface area contributed by atoms with Gasteiger partial charge in [0.2, 0.25) is 5.89 Å². The van der Waals surface area contributed by atoms with Gasteiger partial charge in [0, 0.05) is 11.1 Å². The molecule has 0 spiro atoms. The van der Waals surface area contributed by atoms with E-state index in [9.17, 15) is 37.4 Å². The highest BCUT2D eigenvalue weighted by molar-refractivity contribution is 8.45. The Morgan fingerprint density at radius 3 is 2.13 bits per heavy atom. The standard InChI is InChI=1S/C16H9F8N3O2S/c17-16(18,19)11-3-1-2-10(8-11)14-26-27-15(29-14)25-13(28)9-4-6-12(7-5-9)30(20,21,22,23)24/h1-8H,(H,25,27,28). The summed E-state index contributed by atoms with van der Waals surface area (Å²) in [6.07, 6.45) is -4.62. The summed E-state index contributed by atoms with van der Waals surface area (Å²) in [7, 11) is -9.88. The Hall–Kier alpha value is -3.16. The van der Waals surface area contributed by atoms with Crippen LogP contribution in [-0.2, 0) is 6.18 Å². The minimum absolute atomic E-state index is 0.0539. The summed E-state index contributed by atoms with van der Waals surface area (Å²) in [6, 6.07) is 4.48. The van der Waals surface area contributed by atoms with Crippen LogP contribution in [-0.4, -0.2) is 16.1 Å². The smallest absolute Gasteiger partial charge is 0.403 e. The van der Waals surface area contributed by atoms with E-state index in [1.165, 1.54) is 6.07 Å². The van der Waals surface area contributed by atoms with Crippen molar-refractivity contribution < 1.29 is 41.8 Å². The van der Waals surface area contributed by atoms with Crippen LogP contribution < -0.4 is 5.32 Å². The second-order valence-corrected chi connectivity index (χ2v) is 8.35. The molecule has 0 saturated carbocycles. The van der Waals surface area contributed by atoms with Gasteiger partial charge in [-0.05, 0) is 42.5 Å². The van der Waals surface area contributed by atoms with Crippen molar-refractivity contribution in [2.75, 3.05) is 5.32 Å². The lowest BCUT2D eigenvalue weighted by molar-refractivity contribution is -0.137. The van der Waals surface area contributed by atoms with Gasteiger partial charge in [0.15, 0.2) is 0 Å². The van der Waals surface area contributed by atoms with Crippen molar-refractivity contribution in [2.24, 2.45) is 0 Å². The van der Waals surface area contributed by atoms with Gasteiger partial charge in [-0.15, -0.1) is 5.10 Å². The van der Waals surface area contributed by atoms with Gasteiger partial charge in [-0.2, -0.15) is 13.2 Å². The molecule has 1 amide bonds. The molecule has 1 aromatic heterocycles. The number of carbonyl (C=O) groups is 1. The predicted octanol–water partition coefficient (Wildman–Crippen LogP) is 6.67. The van der Waals surface area contributed by atoms with Gasteiger partial charge >= 0.3 is 22.4 Å². The fraction of sp³-hybridized carbons (Fsp3) is 0.0625. The third-order valence-electron chi connectivity index (χ3n) is 3.64. The van der Waals surface area contributed by atoms with E-state index >= 15 is 0 Å². The molecular weight excluding hydrogens is 450 g/mol. The first kappa shape index (κ1) is 21.5. The molecule has 3 aromatic rings. The molecule has 0 aliphatic carbocycles. The number of aromatic nitrogens is 2. The van der Waals surface area contributed by atoms with Crippen molar-refractivity contribution in [3.8, 4) is 11.5 Å². The Morgan fingerprint density at radius 1 is 0.933 bits per heavy atom. The quantitative estimate of drug-likeness (QED) is 0.443. The lowest BCUT2D eigenvalue weighted by Crippen LogP contribution is -2.13. The van der Waals surface area contributed by atoms with E-state index in [4.69, 9.17) is 4.42 Å². The maximum Gasteiger partial charge on any atom is 0.416 e. The van der Waals surface area contributed by atoms with Crippen molar-refractivity contribution in [1.82, 2.24) is 10.2 Å². The lowest BCUT2D eigenvalue weighted by atomic mass is 10.1. The molecule has 2 aromatic carbocycles. The first-order chi connectivity index (χ1) is 13.5. The Bertz CT molecular complexity index is 1110. The average molecular weight is 459 g/mol. The molecule has 162 valence electrons. The average Bonchev–Trinajstić information content (AvgIpc) is 3.08. The summed E-state index contributed by atoms with van der Waals surface area (Å²) in [5.74, 6) is -1.43. The van der Waals surface area contributed by atoms with E-state index in [0.717, 1.165) is 18.2 Å². The van der Waals surface area contributed by atoms with Crippen LogP contribution in [0, 0.1) is 0 Å². The molecule has 1 heterocycles. The predicted molar refractivity (Wildman–Crippen MR) is 90.5 cm³/mol. The van der Waals surface area contributed by atoms with E-state index in [0.29, 0.717) is 12.1 Å². The number of anilines is 1. The van der Waals surface area contributed by atoms with Crippen molar-refractivity contribution in [1.29, 1.82) is 0 Å². The van der Waals surface area contributed by atoms with Crippen LogP contribution in [0.5, 0.6) is 0 Å². The van der Waals surface area contributed by atoms with E-state index in [-0.39, 0.29) is 23.6 Å². The molecule has 30 heavy (non-hydrogen) atoms. The second-order valence-electron chi connectivity index (χ2n) is 5.94. The monoisotopic (exact) mass is 459 g/mol. The molecule has 3 rings (SSSR count). The molecule has 0 aliphatic rings. The zero-order valence-electron chi connectivity index (χ0n) is 14.3. The summed E-state index contributed by atoms with van der Waals surface area (Å²) in [5, 5.41) is 8.89. The fourth-order valence-corrected chi connectivity index (χ4v) is 2.90. The van der Waals surface area contributed by atoms with Crippen LogP contribution in [0.2, 0.25) is 0 Å². The Balaban J connectivity index is 1.78. The van der Waals surface area contributed by atoms with Crippen LogP contribution >= 0.6 is 10.2 Å². The maximum atomic E-state index is 12.8. The Kier molecular flexibility index (Phi) is 4.43. The van der Waals surface area contributed by atoms with Gasteiger partial charge in [-0.1, -0.05) is 30.6 Å². The van der Waals surface area contributed by atoms with E-state index < -0.39 is 44.3 Å². The number of hydrogen-bond donors (Lipinski definition) is 1. The highest BCUT2D eigenvalue weighted by Gasteiger charge is 2.65. The maximum absolute atomic E-state index is 12.8. The minimum Gasteiger partial charge on any atom is -0.403 e. The largest absolute Gasteiger partial charge is 0.416 e. The van der Waals surface area contributed by atoms with Crippen LogP contribution in [0.15, 0.2) is 57.8 Å². The number of nitrogens with zero attached hydrogens (tertiary/aromatic N) is 2. The zero-order valence-corrected chi connectivity index (χ0v) is 15.1. The van der Waals surface area contributed by atoms with Crippen LogP contribution in [0.3, 0.4) is 0 Å². The third-order valence-corrected chi connectivity index (χ3v) is 4.81. The number of benzene rings is 2. The van der Waals surface area contributed by atoms with Crippen LogP contribution in [0.25, 0.3) is 11.5 Å². The van der Waals surface area contributed by atoms with E-state index in [2.05, 4.69) is 10.2 Å². The van der Waals surface area contributed by atoms with Gasteiger partial charge in [0.05, 0.1) is 5.56 Å². The number of alkyl halides is 3. The summed E-state index contributed by atoms with van der Waals surface area (Å²) >= 11 is 0. The van der Waals surface area contributed by atoms with E-state index in [1.54, 1.807) is 0 Å². The highest BCUT2D eigenvalue weighted by Crippen LogP contribution is 3.02. The topological polar surface area (TPSA) is 68.0 Å². The Morgan fingerprint density at radius 2 is 1.57 bits per heavy atom. The first-order valence-corrected chi connectivity index (χ1v) is 9.65. The van der Waals surface area contributed by atoms with Crippen LogP contribution in [0.4, 0.5) is 38.6 Å². The fourth-order valence-electron chi connectivity index (χ4n) is 2.25. The summed E-state index contributed by atoms with van der Waals surface area (Å²) in [4.78, 5) is 9.85. The highest BCUT2D eigenvalue weighted by atomic mass is 32.5. The molecule has 0 bridgehead atoms. The number of rotatable bonds is 4. The molecule has 0 unspecified atom stereocenters. The molecule has 1 N–H and O–H groups in total. The Labute approximate surface area is 162 Å². The number of carbonyl (C=O) groups excluding carboxylic acids is 1. The van der Waals surface area contributed by atoms with Gasteiger partial charge < -0.3 is 4.42 Å². The zero-order chi connectivity index (χ0) is 22.4. The number of hydrogen-bond acceptors (Lipinski definition) is 4. The summed E-state index contributed by atoms with van der Waals surface area (Å²) in [5.41, 5.74) is -1.51. The molecule has 5 nitrogen and oxygen atoms in total. The number of nitrogens with one attached hydrogen (secondary N) is 1. The number of halogens is 8. The molecule has 0 atom stereocenters. The van der Waals surface area contributed by atoms with Gasteiger partial charge in [0.1, 0.15) is 4.90 Å². The van der Waals surface area contributed by atoms with Crippen molar-refractivity contribution in [3.63, 3.8) is 0 Å². The second kappa shape index (κ2) is 6.17. The summed E-state index contributed by atoms with van der Waals surface area (Å²) < 4.78 is 107. The molecule has 0 saturated heterocycles. The van der Waals surface area contributed by atoms with Crippen molar-refractivity contribution >= 4 is 22.1 Å². The third kappa shape index (κ3) is 4.87.